The van der Waals surface area contributed by atoms with Crippen molar-refractivity contribution in [1.29, 1.82) is 0 Å². The summed E-state index contributed by atoms with van der Waals surface area (Å²) in [5.41, 5.74) is -0.147. The Morgan fingerprint density at radius 1 is 1.14 bits per heavy atom. The van der Waals surface area contributed by atoms with Gasteiger partial charge in [-0.05, 0) is 51.3 Å². The van der Waals surface area contributed by atoms with Gasteiger partial charge in [-0.1, -0.05) is 11.3 Å². The van der Waals surface area contributed by atoms with Gasteiger partial charge in [0.15, 0.2) is 0 Å². The fourth-order valence-electron chi connectivity index (χ4n) is 5.96. The van der Waals surface area contributed by atoms with Crippen LogP contribution in [0.4, 0.5) is 4.39 Å². The maximum atomic E-state index is 14.6. The number of likely N-dealkylation sites (tertiary alicyclic amines) is 1. The van der Waals surface area contributed by atoms with Crippen molar-refractivity contribution >= 4 is 27.5 Å². The zero-order valence-corrected chi connectivity index (χ0v) is 25.0. The molecule has 2 fully saturated rings. The number of benzene rings is 1. The Morgan fingerprint density at radius 2 is 1.88 bits per heavy atom. The second kappa shape index (κ2) is 12.0. The zero-order valence-electron chi connectivity index (χ0n) is 24.2. The Hall–Kier alpha value is -3.88. The molecule has 1 unspecified atom stereocenters. The van der Waals surface area contributed by atoms with Crippen molar-refractivity contribution < 1.29 is 23.4 Å². The van der Waals surface area contributed by atoms with E-state index in [1.165, 1.54) is 58.4 Å². The van der Waals surface area contributed by atoms with Crippen LogP contribution in [0.25, 0.3) is 15.2 Å². The summed E-state index contributed by atoms with van der Waals surface area (Å²) in [7, 11) is 1.49. The lowest BCUT2D eigenvalue weighted by molar-refractivity contribution is -0.130. The first-order chi connectivity index (χ1) is 20.8. The van der Waals surface area contributed by atoms with Gasteiger partial charge >= 0.3 is 5.69 Å². The molecule has 4 aromatic rings. The van der Waals surface area contributed by atoms with E-state index < -0.39 is 29.2 Å². The number of aryl methyl sites for hydroxylation is 1. The topological polar surface area (TPSA) is 123 Å². The predicted molar refractivity (Wildman–Crippen MR) is 157 cm³/mol. The number of aromatic nitrogens is 5. The Bertz CT molecular complexity index is 1760. The number of halogens is 1. The van der Waals surface area contributed by atoms with E-state index in [2.05, 4.69) is 10.2 Å². The summed E-state index contributed by atoms with van der Waals surface area (Å²) in [6, 6.07) is 3.24. The Kier molecular flexibility index (Phi) is 8.16. The van der Waals surface area contributed by atoms with E-state index in [9.17, 15) is 18.8 Å². The SMILES string of the molecule is CCN1CCC(n2c(=O)c3c(C)c(-n4nccn4)sc3n(C[C@H](OC3CCOCC3)c3cc(F)ccc3OC)c2=O)C1=O. The summed E-state index contributed by atoms with van der Waals surface area (Å²) in [6.45, 7) is 5.55. The lowest BCUT2D eigenvalue weighted by atomic mass is 10.1. The van der Waals surface area contributed by atoms with Crippen molar-refractivity contribution in [3.8, 4) is 10.8 Å². The van der Waals surface area contributed by atoms with E-state index in [0.29, 0.717) is 77.7 Å². The molecule has 5 heterocycles. The van der Waals surface area contributed by atoms with Gasteiger partial charge in [0.2, 0.25) is 5.91 Å². The third kappa shape index (κ3) is 5.27. The molecule has 0 N–H and O–H groups in total. The lowest BCUT2D eigenvalue weighted by Gasteiger charge is -2.29. The molecule has 0 saturated carbocycles. The van der Waals surface area contributed by atoms with Crippen molar-refractivity contribution in [2.75, 3.05) is 33.4 Å². The molecule has 0 aliphatic carbocycles. The van der Waals surface area contributed by atoms with Crippen LogP contribution in [0.5, 0.6) is 5.75 Å². The van der Waals surface area contributed by atoms with Gasteiger partial charge in [0.05, 0.1) is 37.5 Å². The van der Waals surface area contributed by atoms with Crippen LogP contribution in [0.2, 0.25) is 0 Å². The molecule has 43 heavy (non-hydrogen) atoms. The number of rotatable bonds is 9. The van der Waals surface area contributed by atoms with Gasteiger partial charge in [-0.2, -0.15) is 10.2 Å². The molecule has 1 amide bonds. The molecular weight excluding hydrogens is 579 g/mol. The van der Waals surface area contributed by atoms with E-state index >= 15 is 0 Å². The number of hydrogen-bond acceptors (Lipinski definition) is 9. The maximum Gasteiger partial charge on any atom is 0.332 e. The van der Waals surface area contributed by atoms with Crippen molar-refractivity contribution in [2.45, 2.75) is 57.9 Å². The minimum Gasteiger partial charge on any atom is -0.496 e. The van der Waals surface area contributed by atoms with Gasteiger partial charge in [0.1, 0.15) is 33.5 Å². The molecule has 0 spiro atoms. The number of nitrogens with zero attached hydrogens (tertiary/aromatic N) is 6. The molecule has 12 nitrogen and oxygen atoms in total. The van der Waals surface area contributed by atoms with Gasteiger partial charge < -0.3 is 19.1 Å². The van der Waals surface area contributed by atoms with E-state index in [-0.39, 0.29) is 18.6 Å². The monoisotopic (exact) mass is 612 g/mol. The van der Waals surface area contributed by atoms with Crippen LogP contribution in [0.1, 0.15) is 49.5 Å². The molecule has 2 aliphatic heterocycles. The van der Waals surface area contributed by atoms with Crippen LogP contribution in [0, 0.1) is 12.7 Å². The number of ether oxygens (including phenoxy) is 3. The summed E-state index contributed by atoms with van der Waals surface area (Å²) < 4.78 is 34.8. The molecule has 14 heteroatoms. The fraction of sp³-hybridized carbons (Fsp3) is 0.483. The first kappa shape index (κ1) is 29.2. The second-order valence-electron chi connectivity index (χ2n) is 10.6. The third-order valence-corrected chi connectivity index (χ3v) is 9.47. The van der Waals surface area contributed by atoms with Gasteiger partial charge in [0.25, 0.3) is 5.56 Å². The van der Waals surface area contributed by atoms with Crippen LogP contribution < -0.4 is 16.0 Å². The number of methoxy groups -OCH3 is 1. The fourth-order valence-corrected chi connectivity index (χ4v) is 7.18. The molecule has 0 bridgehead atoms. The van der Waals surface area contributed by atoms with E-state index in [1.54, 1.807) is 11.8 Å². The molecule has 2 aliphatic rings. The number of likely N-dealkylation sites (N-methyl/N-ethyl adjacent to an activating group) is 1. The third-order valence-electron chi connectivity index (χ3n) is 8.19. The quantitative estimate of drug-likeness (QED) is 0.283. The van der Waals surface area contributed by atoms with E-state index in [4.69, 9.17) is 14.2 Å². The summed E-state index contributed by atoms with van der Waals surface area (Å²) in [5, 5.41) is 9.35. The molecular formula is C29H33FN6O6S. The van der Waals surface area contributed by atoms with Crippen molar-refractivity contribution in [3.63, 3.8) is 0 Å². The highest BCUT2D eigenvalue weighted by molar-refractivity contribution is 7.21. The average Bonchev–Trinajstić information content (AvgIpc) is 3.75. The minimum absolute atomic E-state index is 0.0584. The van der Waals surface area contributed by atoms with Gasteiger partial charge in [0, 0.05) is 37.4 Å². The highest BCUT2D eigenvalue weighted by atomic mass is 32.1. The number of amides is 1. The summed E-state index contributed by atoms with van der Waals surface area (Å²) in [4.78, 5) is 45.2. The highest BCUT2D eigenvalue weighted by Crippen LogP contribution is 2.35. The van der Waals surface area contributed by atoms with Gasteiger partial charge in [-0.15, -0.1) is 4.80 Å². The number of hydrogen-bond donors (Lipinski definition) is 0. The second-order valence-corrected chi connectivity index (χ2v) is 11.6. The molecule has 2 atom stereocenters. The first-order valence-corrected chi connectivity index (χ1v) is 15.1. The number of carbonyl (C=O) groups is 1. The molecule has 2 saturated heterocycles. The molecule has 0 radical (unpaired) electrons. The smallest absolute Gasteiger partial charge is 0.332 e. The van der Waals surface area contributed by atoms with Crippen LogP contribution in [-0.4, -0.2) is 74.5 Å². The van der Waals surface area contributed by atoms with Crippen LogP contribution in [0.15, 0.2) is 40.2 Å². The first-order valence-electron chi connectivity index (χ1n) is 14.3. The molecule has 6 rings (SSSR count). The largest absolute Gasteiger partial charge is 0.496 e. The Balaban J connectivity index is 1.56. The van der Waals surface area contributed by atoms with Crippen LogP contribution in [0.3, 0.4) is 0 Å². The Labute approximate surface area is 250 Å². The van der Waals surface area contributed by atoms with Crippen molar-refractivity contribution in [2.24, 2.45) is 0 Å². The van der Waals surface area contributed by atoms with E-state index in [1.807, 2.05) is 6.92 Å². The van der Waals surface area contributed by atoms with Crippen LogP contribution >= 0.6 is 11.3 Å². The number of carbonyl (C=O) groups excluding carboxylic acids is 1. The lowest BCUT2D eigenvalue weighted by Crippen LogP contribution is -2.45. The Morgan fingerprint density at radius 3 is 2.56 bits per heavy atom. The average molecular weight is 613 g/mol. The normalized spacial score (nSPS) is 18.6. The van der Waals surface area contributed by atoms with Crippen molar-refractivity contribution in [1.82, 2.24) is 29.0 Å². The predicted octanol–water partition coefficient (Wildman–Crippen LogP) is 2.99. The summed E-state index contributed by atoms with van der Waals surface area (Å²) >= 11 is 1.20. The molecule has 228 valence electrons. The summed E-state index contributed by atoms with van der Waals surface area (Å²) in [6.07, 6.45) is 3.64. The standard InChI is InChI=1S/C29H33FN6O6S/c1-4-33-12-7-21(25(33)37)35-26(38)24-17(2)27(36-31-10-11-32-36)43-28(24)34(29(35)39)16-23(42-19-8-13-41-14-9-19)20-15-18(30)5-6-22(20)40-3/h5-6,10-11,15,19,21,23H,4,7-9,12-14,16H2,1-3H3/t21?,23-/m0/s1. The van der Waals surface area contributed by atoms with Gasteiger partial charge in [-0.3, -0.25) is 14.2 Å². The molecule has 1 aromatic carbocycles. The van der Waals surface area contributed by atoms with Crippen LogP contribution in [-0.2, 0) is 20.8 Å². The van der Waals surface area contributed by atoms with Crippen molar-refractivity contribution in [3.05, 3.63) is 68.4 Å². The molecule has 3 aromatic heterocycles. The minimum atomic E-state index is -0.931. The van der Waals surface area contributed by atoms with Gasteiger partial charge in [-0.25, -0.2) is 13.8 Å². The number of fused-ring (bicyclic) bond motifs is 1. The zero-order chi connectivity index (χ0) is 30.2. The van der Waals surface area contributed by atoms with E-state index in [0.717, 1.165) is 4.57 Å². The maximum absolute atomic E-state index is 14.6. The number of thiophene rings is 1. The summed E-state index contributed by atoms with van der Waals surface area (Å²) in [5.74, 6) is -0.338. The highest BCUT2D eigenvalue weighted by Gasteiger charge is 2.36.